The number of piperidine rings is 1. The van der Waals surface area contributed by atoms with Crippen LogP contribution in [-0.4, -0.2) is 43.6 Å². The molecule has 0 saturated carbocycles. The van der Waals surface area contributed by atoms with Gasteiger partial charge in [0.15, 0.2) is 0 Å². The number of sulfonamides is 1. The Kier molecular flexibility index (Phi) is 3.56. The standard InChI is InChI=1S/C11H22N2O2S/c1-9-4-3-7-13(10(9)2)16(14,15)11-5-6-12-8-11/h9-12H,3-8H2,1-2H3. The van der Waals surface area contributed by atoms with Crippen LogP contribution in [0, 0.1) is 5.92 Å². The smallest absolute Gasteiger partial charge is 0.218 e. The molecule has 4 nitrogen and oxygen atoms in total. The molecule has 0 aromatic rings. The van der Waals surface area contributed by atoms with Crippen LogP contribution < -0.4 is 5.32 Å². The Balaban J connectivity index is 2.15. The molecule has 0 radical (unpaired) electrons. The minimum atomic E-state index is -3.07. The summed E-state index contributed by atoms with van der Waals surface area (Å²) < 4.78 is 26.6. The van der Waals surface area contributed by atoms with E-state index >= 15 is 0 Å². The highest BCUT2D eigenvalue weighted by atomic mass is 32.2. The van der Waals surface area contributed by atoms with Gasteiger partial charge in [-0.15, -0.1) is 0 Å². The van der Waals surface area contributed by atoms with Crippen LogP contribution in [0.1, 0.15) is 33.1 Å². The highest BCUT2D eigenvalue weighted by Crippen LogP contribution is 2.28. The van der Waals surface area contributed by atoms with Gasteiger partial charge in [0.25, 0.3) is 0 Å². The van der Waals surface area contributed by atoms with Crippen molar-refractivity contribution in [3.8, 4) is 0 Å². The Morgan fingerprint density at radius 3 is 2.62 bits per heavy atom. The summed E-state index contributed by atoms with van der Waals surface area (Å²) >= 11 is 0. The van der Waals surface area contributed by atoms with E-state index in [4.69, 9.17) is 0 Å². The van der Waals surface area contributed by atoms with Crippen LogP contribution >= 0.6 is 0 Å². The number of hydrogen-bond acceptors (Lipinski definition) is 3. The second kappa shape index (κ2) is 4.63. The summed E-state index contributed by atoms with van der Waals surface area (Å²) in [6, 6.07) is 0.166. The van der Waals surface area contributed by atoms with Crippen molar-refractivity contribution in [3.63, 3.8) is 0 Å². The van der Waals surface area contributed by atoms with E-state index in [1.807, 2.05) is 6.92 Å². The van der Waals surface area contributed by atoms with Crippen molar-refractivity contribution >= 4 is 10.0 Å². The Bertz CT molecular complexity index is 336. The van der Waals surface area contributed by atoms with Crippen LogP contribution in [-0.2, 0) is 10.0 Å². The van der Waals surface area contributed by atoms with E-state index in [0.717, 1.165) is 25.8 Å². The molecule has 16 heavy (non-hydrogen) atoms. The molecule has 3 unspecified atom stereocenters. The molecule has 2 rings (SSSR count). The first-order valence-electron chi connectivity index (χ1n) is 6.25. The summed E-state index contributed by atoms with van der Waals surface area (Å²) in [6.07, 6.45) is 2.92. The van der Waals surface area contributed by atoms with Gasteiger partial charge in [0, 0.05) is 19.1 Å². The molecule has 1 N–H and O–H groups in total. The first kappa shape index (κ1) is 12.3. The Morgan fingerprint density at radius 1 is 1.25 bits per heavy atom. The van der Waals surface area contributed by atoms with Gasteiger partial charge in [0.05, 0.1) is 5.25 Å². The summed E-state index contributed by atoms with van der Waals surface area (Å²) in [5.74, 6) is 0.484. The molecule has 0 aromatic heterocycles. The average Bonchev–Trinajstić information content (AvgIpc) is 2.75. The van der Waals surface area contributed by atoms with E-state index in [1.54, 1.807) is 4.31 Å². The maximum atomic E-state index is 12.4. The topological polar surface area (TPSA) is 49.4 Å². The molecule has 2 aliphatic heterocycles. The fourth-order valence-corrected chi connectivity index (χ4v) is 4.91. The lowest BCUT2D eigenvalue weighted by atomic mass is 9.94. The van der Waals surface area contributed by atoms with Crippen LogP contribution in [0.15, 0.2) is 0 Å². The molecule has 2 fully saturated rings. The minimum Gasteiger partial charge on any atom is -0.315 e. The summed E-state index contributed by atoms with van der Waals surface area (Å²) in [6.45, 7) is 6.37. The number of rotatable bonds is 2. The van der Waals surface area contributed by atoms with E-state index in [0.29, 0.717) is 19.0 Å². The second-order valence-corrected chi connectivity index (χ2v) is 7.30. The molecule has 0 spiro atoms. The van der Waals surface area contributed by atoms with Crippen LogP contribution in [0.2, 0.25) is 0 Å². The number of nitrogens with one attached hydrogen (secondary N) is 1. The van der Waals surface area contributed by atoms with Gasteiger partial charge in [-0.1, -0.05) is 6.92 Å². The lowest BCUT2D eigenvalue weighted by Gasteiger charge is -2.38. The zero-order chi connectivity index (χ0) is 11.8. The third-order valence-electron chi connectivity index (χ3n) is 4.08. The minimum absolute atomic E-state index is 0.166. The van der Waals surface area contributed by atoms with Crippen LogP contribution in [0.4, 0.5) is 0 Å². The van der Waals surface area contributed by atoms with Crippen molar-refractivity contribution in [2.45, 2.75) is 44.4 Å². The third-order valence-corrected chi connectivity index (χ3v) is 6.49. The molecule has 0 bridgehead atoms. The maximum Gasteiger partial charge on any atom is 0.218 e. The predicted molar refractivity (Wildman–Crippen MR) is 64.8 cm³/mol. The van der Waals surface area contributed by atoms with Crippen molar-refractivity contribution in [2.24, 2.45) is 5.92 Å². The SMILES string of the molecule is CC1CCCN(S(=O)(=O)C2CCNC2)C1C. The average molecular weight is 246 g/mol. The van der Waals surface area contributed by atoms with Gasteiger partial charge in [-0.2, -0.15) is 4.31 Å². The fourth-order valence-electron chi connectivity index (χ4n) is 2.73. The molecule has 0 aliphatic carbocycles. The van der Waals surface area contributed by atoms with Gasteiger partial charge in [-0.25, -0.2) is 8.42 Å². The van der Waals surface area contributed by atoms with Crippen molar-refractivity contribution < 1.29 is 8.42 Å². The van der Waals surface area contributed by atoms with Crippen molar-refractivity contribution in [3.05, 3.63) is 0 Å². The van der Waals surface area contributed by atoms with Gasteiger partial charge >= 0.3 is 0 Å². The summed E-state index contributed by atoms with van der Waals surface area (Å²) in [5.41, 5.74) is 0. The van der Waals surface area contributed by atoms with Gasteiger partial charge in [-0.3, -0.25) is 0 Å². The molecule has 3 atom stereocenters. The molecule has 2 heterocycles. The van der Waals surface area contributed by atoms with Crippen LogP contribution in [0.5, 0.6) is 0 Å². The van der Waals surface area contributed by atoms with E-state index in [-0.39, 0.29) is 11.3 Å². The zero-order valence-corrected chi connectivity index (χ0v) is 11.0. The number of hydrogen-bond donors (Lipinski definition) is 1. The molecule has 0 aromatic carbocycles. The van der Waals surface area contributed by atoms with E-state index < -0.39 is 10.0 Å². The summed E-state index contributed by atoms with van der Waals surface area (Å²) in [7, 11) is -3.07. The Labute approximate surface area is 98.4 Å². The first-order chi connectivity index (χ1) is 7.53. The lowest BCUT2D eigenvalue weighted by Crippen LogP contribution is -2.49. The Morgan fingerprint density at radius 2 is 2.00 bits per heavy atom. The van der Waals surface area contributed by atoms with E-state index in [2.05, 4.69) is 12.2 Å². The molecular weight excluding hydrogens is 224 g/mol. The first-order valence-corrected chi connectivity index (χ1v) is 7.75. The second-order valence-electron chi connectivity index (χ2n) is 5.13. The van der Waals surface area contributed by atoms with Gasteiger partial charge < -0.3 is 5.32 Å². The van der Waals surface area contributed by atoms with E-state index in [1.165, 1.54) is 0 Å². The van der Waals surface area contributed by atoms with Gasteiger partial charge in [0.2, 0.25) is 10.0 Å². The highest BCUT2D eigenvalue weighted by molar-refractivity contribution is 7.89. The molecule has 2 saturated heterocycles. The molecule has 0 amide bonds. The third kappa shape index (κ3) is 2.13. The van der Waals surface area contributed by atoms with Crippen molar-refractivity contribution in [1.82, 2.24) is 9.62 Å². The lowest BCUT2D eigenvalue weighted by molar-refractivity contribution is 0.201. The van der Waals surface area contributed by atoms with Crippen LogP contribution in [0.3, 0.4) is 0 Å². The normalized spacial score (nSPS) is 37.8. The quantitative estimate of drug-likeness (QED) is 0.784. The largest absolute Gasteiger partial charge is 0.315 e. The van der Waals surface area contributed by atoms with E-state index in [9.17, 15) is 8.42 Å². The van der Waals surface area contributed by atoms with Crippen LogP contribution in [0.25, 0.3) is 0 Å². The monoisotopic (exact) mass is 246 g/mol. The summed E-state index contributed by atoms with van der Waals surface area (Å²) in [4.78, 5) is 0. The highest BCUT2D eigenvalue weighted by Gasteiger charge is 2.39. The fraction of sp³-hybridized carbons (Fsp3) is 1.00. The van der Waals surface area contributed by atoms with Crippen molar-refractivity contribution in [1.29, 1.82) is 0 Å². The molecule has 5 heteroatoms. The van der Waals surface area contributed by atoms with Crippen molar-refractivity contribution in [2.75, 3.05) is 19.6 Å². The number of nitrogens with zero attached hydrogens (tertiary/aromatic N) is 1. The predicted octanol–water partition coefficient (Wildman–Crippen LogP) is 0.798. The molecular formula is C11H22N2O2S. The summed E-state index contributed by atoms with van der Waals surface area (Å²) in [5, 5.41) is 2.94. The zero-order valence-electron chi connectivity index (χ0n) is 10.1. The van der Waals surface area contributed by atoms with Gasteiger partial charge in [0.1, 0.15) is 0 Å². The van der Waals surface area contributed by atoms with Gasteiger partial charge in [-0.05, 0) is 38.6 Å². The maximum absolute atomic E-state index is 12.4. The molecule has 94 valence electrons. The Hall–Kier alpha value is -0.130. The molecule has 2 aliphatic rings.